The number of carbonyl (C=O) groups is 1. The van der Waals surface area contributed by atoms with Gasteiger partial charge >= 0.3 is 5.97 Å². The van der Waals surface area contributed by atoms with Crippen LogP contribution in [0, 0.1) is 5.92 Å². The number of aryl methyl sites for hydroxylation is 2. The Bertz CT molecular complexity index is 558. The van der Waals surface area contributed by atoms with Gasteiger partial charge in [0.1, 0.15) is 0 Å². The molecule has 0 aromatic heterocycles. The summed E-state index contributed by atoms with van der Waals surface area (Å²) in [6.07, 6.45) is 6.47. The van der Waals surface area contributed by atoms with E-state index < -0.39 is 0 Å². The Morgan fingerprint density at radius 1 is 1.26 bits per heavy atom. The van der Waals surface area contributed by atoms with E-state index in [0.29, 0.717) is 12.3 Å². The smallest absolute Gasteiger partial charge is 0.305 e. The van der Waals surface area contributed by atoms with E-state index in [0.717, 1.165) is 26.1 Å². The maximum Gasteiger partial charge on any atom is 0.305 e. The van der Waals surface area contributed by atoms with Crippen molar-refractivity contribution in [3.8, 4) is 0 Å². The molecule has 2 unspecified atom stereocenters. The van der Waals surface area contributed by atoms with Crippen molar-refractivity contribution >= 4 is 5.97 Å². The van der Waals surface area contributed by atoms with Gasteiger partial charge < -0.3 is 10.5 Å². The average Bonchev–Trinajstić information content (AvgIpc) is 2.54. The molecule has 1 fully saturated rings. The molecule has 1 aromatic carbocycles. The van der Waals surface area contributed by atoms with Gasteiger partial charge in [0.15, 0.2) is 0 Å². The first-order chi connectivity index (χ1) is 11.1. The van der Waals surface area contributed by atoms with Crippen LogP contribution in [0.25, 0.3) is 0 Å². The number of nitrogens with zero attached hydrogens (tertiary/aromatic N) is 1. The summed E-state index contributed by atoms with van der Waals surface area (Å²) < 4.78 is 4.81. The lowest BCUT2D eigenvalue weighted by Gasteiger charge is -2.36. The van der Waals surface area contributed by atoms with Gasteiger partial charge in [0.25, 0.3) is 0 Å². The topological polar surface area (TPSA) is 55.6 Å². The molecular weight excluding hydrogens is 288 g/mol. The van der Waals surface area contributed by atoms with E-state index in [1.54, 1.807) is 0 Å². The molecule has 0 bridgehead atoms. The van der Waals surface area contributed by atoms with Crippen molar-refractivity contribution in [2.45, 2.75) is 51.1 Å². The van der Waals surface area contributed by atoms with E-state index in [-0.39, 0.29) is 12.0 Å². The molecule has 1 saturated heterocycles. The van der Waals surface area contributed by atoms with Crippen LogP contribution in [0.1, 0.15) is 42.4 Å². The summed E-state index contributed by atoms with van der Waals surface area (Å²) in [4.78, 5) is 13.9. The molecule has 126 valence electrons. The number of esters is 1. The van der Waals surface area contributed by atoms with Crippen molar-refractivity contribution < 1.29 is 9.53 Å². The Balaban J connectivity index is 1.63. The SMILES string of the molecule is COC(=O)CC1CC(N)CN(Cc2ccc3c(c2)CCCC3)C1. The molecule has 23 heavy (non-hydrogen) atoms. The lowest BCUT2D eigenvalue weighted by molar-refractivity contribution is -0.142. The Morgan fingerprint density at radius 2 is 2.04 bits per heavy atom. The van der Waals surface area contributed by atoms with Gasteiger partial charge in [0.05, 0.1) is 7.11 Å². The molecule has 0 spiro atoms. The van der Waals surface area contributed by atoms with Crippen molar-refractivity contribution in [3.63, 3.8) is 0 Å². The second kappa shape index (κ2) is 7.45. The van der Waals surface area contributed by atoms with E-state index in [1.807, 2.05) is 0 Å². The highest BCUT2D eigenvalue weighted by Gasteiger charge is 2.27. The molecule has 1 aliphatic heterocycles. The fourth-order valence-electron chi connectivity index (χ4n) is 4.09. The molecule has 2 aliphatic rings. The quantitative estimate of drug-likeness (QED) is 0.866. The maximum atomic E-state index is 11.5. The third-order valence-electron chi connectivity index (χ3n) is 5.15. The largest absolute Gasteiger partial charge is 0.469 e. The van der Waals surface area contributed by atoms with Gasteiger partial charge in [-0.05, 0) is 54.7 Å². The molecule has 4 nitrogen and oxygen atoms in total. The zero-order chi connectivity index (χ0) is 16.2. The number of fused-ring (bicyclic) bond motifs is 1. The van der Waals surface area contributed by atoms with E-state index in [1.165, 1.54) is 49.5 Å². The summed E-state index contributed by atoms with van der Waals surface area (Å²) in [6, 6.07) is 7.10. The number of methoxy groups -OCH3 is 1. The minimum Gasteiger partial charge on any atom is -0.469 e. The fraction of sp³-hybridized carbons (Fsp3) is 0.632. The van der Waals surface area contributed by atoms with Crippen LogP contribution in [0.3, 0.4) is 0 Å². The van der Waals surface area contributed by atoms with Gasteiger partial charge in [0.2, 0.25) is 0 Å². The van der Waals surface area contributed by atoms with Gasteiger partial charge in [-0.1, -0.05) is 18.2 Å². The fourth-order valence-corrected chi connectivity index (χ4v) is 4.09. The summed E-state index contributed by atoms with van der Waals surface area (Å²) in [6.45, 7) is 2.77. The van der Waals surface area contributed by atoms with Crippen LogP contribution in [0.5, 0.6) is 0 Å². The second-order valence-corrected chi connectivity index (χ2v) is 7.15. The first-order valence-electron chi connectivity index (χ1n) is 8.79. The summed E-state index contributed by atoms with van der Waals surface area (Å²) in [7, 11) is 1.45. The van der Waals surface area contributed by atoms with Crippen LogP contribution in [0.4, 0.5) is 0 Å². The third-order valence-corrected chi connectivity index (χ3v) is 5.15. The lowest BCUT2D eigenvalue weighted by atomic mass is 9.89. The molecule has 1 heterocycles. The number of hydrogen-bond donors (Lipinski definition) is 1. The molecule has 0 saturated carbocycles. The van der Waals surface area contributed by atoms with Crippen LogP contribution in [-0.4, -0.2) is 37.1 Å². The zero-order valence-electron chi connectivity index (χ0n) is 14.1. The number of likely N-dealkylation sites (tertiary alicyclic amines) is 1. The van der Waals surface area contributed by atoms with Gasteiger partial charge in [0, 0.05) is 32.1 Å². The van der Waals surface area contributed by atoms with Crippen LogP contribution in [0.2, 0.25) is 0 Å². The van der Waals surface area contributed by atoms with Gasteiger partial charge in [-0.2, -0.15) is 0 Å². The molecule has 1 aliphatic carbocycles. The third kappa shape index (κ3) is 4.33. The van der Waals surface area contributed by atoms with Crippen molar-refractivity contribution in [3.05, 3.63) is 34.9 Å². The Morgan fingerprint density at radius 3 is 2.83 bits per heavy atom. The monoisotopic (exact) mass is 316 g/mol. The van der Waals surface area contributed by atoms with Crippen molar-refractivity contribution in [1.82, 2.24) is 4.90 Å². The minimum atomic E-state index is -0.127. The first kappa shape index (κ1) is 16.5. The predicted octanol–water partition coefficient (Wildman–Crippen LogP) is 2.28. The van der Waals surface area contributed by atoms with Crippen LogP contribution < -0.4 is 5.73 Å². The van der Waals surface area contributed by atoms with E-state index in [2.05, 4.69) is 23.1 Å². The molecule has 2 N–H and O–H groups in total. The Labute approximate surface area is 139 Å². The highest BCUT2D eigenvalue weighted by molar-refractivity contribution is 5.69. The lowest BCUT2D eigenvalue weighted by Crippen LogP contribution is -2.47. The number of nitrogens with two attached hydrogens (primary N) is 1. The number of rotatable bonds is 4. The Hall–Kier alpha value is -1.39. The molecule has 0 amide bonds. The maximum absolute atomic E-state index is 11.5. The summed E-state index contributed by atoms with van der Waals surface area (Å²) in [5, 5.41) is 0. The number of piperidine rings is 1. The van der Waals surface area contributed by atoms with Crippen LogP contribution >= 0.6 is 0 Å². The molecule has 4 heteroatoms. The molecular formula is C19H28N2O2. The van der Waals surface area contributed by atoms with E-state index in [9.17, 15) is 4.79 Å². The van der Waals surface area contributed by atoms with Crippen molar-refractivity contribution in [1.29, 1.82) is 0 Å². The number of ether oxygens (including phenoxy) is 1. The highest BCUT2D eigenvalue weighted by atomic mass is 16.5. The van der Waals surface area contributed by atoms with Gasteiger partial charge in [-0.25, -0.2) is 0 Å². The predicted molar refractivity (Wildman–Crippen MR) is 91.1 cm³/mol. The van der Waals surface area contributed by atoms with Crippen molar-refractivity contribution in [2.75, 3.05) is 20.2 Å². The normalized spacial score (nSPS) is 25.0. The standard InChI is InChI=1S/C19H28N2O2/c1-23-19(22)10-15-9-18(20)13-21(12-15)11-14-6-7-16-4-2-3-5-17(16)8-14/h6-8,15,18H,2-5,9-13,20H2,1H3. The summed E-state index contributed by atoms with van der Waals surface area (Å²) >= 11 is 0. The van der Waals surface area contributed by atoms with Crippen LogP contribution in [0.15, 0.2) is 18.2 Å². The summed E-state index contributed by atoms with van der Waals surface area (Å²) in [5.74, 6) is 0.182. The number of benzene rings is 1. The highest BCUT2D eigenvalue weighted by Crippen LogP contribution is 2.25. The molecule has 1 aromatic rings. The van der Waals surface area contributed by atoms with Crippen LogP contribution in [-0.2, 0) is 28.9 Å². The first-order valence-corrected chi connectivity index (χ1v) is 8.79. The average molecular weight is 316 g/mol. The minimum absolute atomic E-state index is 0.127. The van der Waals surface area contributed by atoms with E-state index >= 15 is 0 Å². The van der Waals surface area contributed by atoms with Gasteiger partial charge in [-0.3, -0.25) is 9.69 Å². The molecule has 2 atom stereocenters. The summed E-state index contributed by atoms with van der Waals surface area (Å²) in [5.41, 5.74) is 10.6. The van der Waals surface area contributed by atoms with Crippen molar-refractivity contribution in [2.24, 2.45) is 11.7 Å². The molecule has 0 radical (unpaired) electrons. The number of hydrogen-bond acceptors (Lipinski definition) is 4. The van der Waals surface area contributed by atoms with E-state index in [4.69, 9.17) is 10.5 Å². The zero-order valence-corrected chi connectivity index (χ0v) is 14.1. The Kier molecular flexibility index (Phi) is 5.34. The second-order valence-electron chi connectivity index (χ2n) is 7.15. The van der Waals surface area contributed by atoms with Gasteiger partial charge in [-0.15, -0.1) is 0 Å². The number of carbonyl (C=O) groups excluding carboxylic acids is 1. The molecule has 3 rings (SSSR count).